The van der Waals surface area contributed by atoms with Crippen LogP contribution in [0.15, 0.2) is 7.57 Å². The van der Waals surface area contributed by atoms with E-state index in [1.165, 1.54) is 5.56 Å². The number of ether oxygens (including phenoxy) is 1. The van der Waals surface area contributed by atoms with Gasteiger partial charge in [-0.1, -0.05) is 0 Å². The fourth-order valence-corrected chi connectivity index (χ4v) is 4.24. The van der Waals surface area contributed by atoms with Crippen molar-refractivity contribution in [2.75, 3.05) is 34.3 Å². The number of rotatable bonds is 5. The highest BCUT2D eigenvalue weighted by molar-refractivity contribution is 9.12. The molecule has 1 aromatic rings. The van der Waals surface area contributed by atoms with Crippen LogP contribution in [0.5, 0.6) is 5.75 Å². The lowest BCUT2D eigenvalue weighted by molar-refractivity contribution is -0.870. The fraction of sp³-hybridized carbons (Fsp3) is 0.636. The molecule has 0 fully saturated rings. The van der Waals surface area contributed by atoms with Crippen LogP contribution in [-0.4, -0.2) is 38.8 Å². The minimum atomic E-state index is 0.776. The lowest BCUT2D eigenvalue weighted by atomic mass is 10.3. The predicted octanol–water partition coefficient (Wildman–Crippen LogP) is 4.06. The van der Waals surface area contributed by atoms with Crippen LogP contribution in [0.1, 0.15) is 12.0 Å². The molecule has 0 aliphatic heterocycles. The maximum Gasteiger partial charge on any atom is 0.148 e. The van der Waals surface area contributed by atoms with Crippen LogP contribution in [-0.2, 0) is 0 Å². The molecule has 0 spiro atoms. The third-order valence-electron chi connectivity index (χ3n) is 2.21. The van der Waals surface area contributed by atoms with E-state index in [0.29, 0.717) is 0 Å². The first-order valence-corrected chi connectivity index (χ1v) is 7.59. The highest BCUT2D eigenvalue weighted by Crippen LogP contribution is 2.42. The largest absolute Gasteiger partial charge is 0.491 e. The highest BCUT2D eigenvalue weighted by Gasteiger charge is 2.13. The first-order valence-electron chi connectivity index (χ1n) is 5.19. The molecule has 0 N–H and O–H groups in total. The summed E-state index contributed by atoms with van der Waals surface area (Å²) in [5.74, 6) is 0.985. The summed E-state index contributed by atoms with van der Waals surface area (Å²) in [6, 6.07) is 0. The van der Waals surface area contributed by atoms with Crippen molar-refractivity contribution >= 4 is 43.2 Å². The van der Waals surface area contributed by atoms with E-state index in [2.05, 4.69) is 59.9 Å². The molecule has 0 aliphatic carbocycles. The molecule has 16 heavy (non-hydrogen) atoms. The van der Waals surface area contributed by atoms with E-state index in [9.17, 15) is 0 Å². The van der Waals surface area contributed by atoms with E-state index >= 15 is 0 Å². The van der Waals surface area contributed by atoms with E-state index in [1.54, 1.807) is 11.3 Å². The van der Waals surface area contributed by atoms with Gasteiger partial charge in [0.1, 0.15) is 9.54 Å². The molecule has 0 bridgehead atoms. The Labute approximate surface area is 118 Å². The van der Waals surface area contributed by atoms with Gasteiger partial charge in [-0.3, -0.25) is 0 Å². The number of quaternary nitrogens is 1. The van der Waals surface area contributed by atoms with Gasteiger partial charge < -0.3 is 9.22 Å². The Balaban J connectivity index is 2.43. The van der Waals surface area contributed by atoms with Gasteiger partial charge in [-0.2, -0.15) is 0 Å². The van der Waals surface area contributed by atoms with Crippen LogP contribution in [0.2, 0.25) is 0 Å². The Hall–Kier alpha value is 0.420. The van der Waals surface area contributed by atoms with Gasteiger partial charge in [0.25, 0.3) is 0 Å². The highest BCUT2D eigenvalue weighted by atomic mass is 79.9. The maximum absolute atomic E-state index is 5.81. The summed E-state index contributed by atoms with van der Waals surface area (Å²) < 4.78 is 9.00. The molecule has 0 amide bonds. The molecule has 0 unspecified atom stereocenters. The summed E-state index contributed by atoms with van der Waals surface area (Å²) >= 11 is 8.70. The van der Waals surface area contributed by atoms with Crippen molar-refractivity contribution in [2.45, 2.75) is 13.3 Å². The summed E-state index contributed by atoms with van der Waals surface area (Å²) in [7, 11) is 6.59. The molecule has 0 saturated heterocycles. The van der Waals surface area contributed by atoms with Crippen molar-refractivity contribution in [3.05, 3.63) is 13.1 Å². The molecular weight excluding hydrogens is 354 g/mol. The minimum Gasteiger partial charge on any atom is -0.491 e. The molecule has 0 radical (unpaired) electrons. The van der Waals surface area contributed by atoms with Gasteiger partial charge in [0.05, 0.1) is 38.1 Å². The summed E-state index contributed by atoms with van der Waals surface area (Å²) in [4.78, 5) is 0. The van der Waals surface area contributed by atoms with E-state index in [0.717, 1.165) is 37.4 Å². The number of thiophene rings is 1. The van der Waals surface area contributed by atoms with E-state index < -0.39 is 0 Å². The van der Waals surface area contributed by atoms with Crippen LogP contribution in [0, 0.1) is 6.92 Å². The topological polar surface area (TPSA) is 9.23 Å². The second kappa shape index (κ2) is 5.85. The molecule has 1 aromatic heterocycles. The quantitative estimate of drug-likeness (QED) is 0.560. The minimum absolute atomic E-state index is 0.776. The molecule has 0 aliphatic rings. The van der Waals surface area contributed by atoms with Gasteiger partial charge in [0.2, 0.25) is 0 Å². The Bertz CT molecular complexity index is 358. The van der Waals surface area contributed by atoms with Crippen LogP contribution in [0.4, 0.5) is 0 Å². The summed E-state index contributed by atoms with van der Waals surface area (Å²) in [5.41, 5.74) is 1.18. The van der Waals surface area contributed by atoms with Crippen LogP contribution >= 0.6 is 43.2 Å². The summed E-state index contributed by atoms with van der Waals surface area (Å²) in [6.07, 6.45) is 1.07. The third kappa shape index (κ3) is 4.35. The van der Waals surface area contributed by atoms with E-state index in [1.807, 2.05) is 0 Å². The average molecular weight is 372 g/mol. The van der Waals surface area contributed by atoms with Crippen LogP contribution in [0.3, 0.4) is 0 Å². The summed E-state index contributed by atoms with van der Waals surface area (Å²) in [5, 5.41) is 0. The van der Waals surface area contributed by atoms with Crippen molar-refractivity contribution in [3.63, 3.8) is 0 Å². The van der Waals surface area contributed by atoms with Crippen molar-refractivity contribution < 1.29 is 9.22 Å². The molecule has 0 aromatic carbocycles. The van der Waals surface area contributed by atoms with Gasteiger partial charge in [-0.05, 0) is 38.8 Å². The Morgan fingerprint density at radius 1 is 1.19 bits per heavy atom. The molecular formula is C11H18Br2NOS+. The molecule has 1 rings (SSSR count). The monoisotopic (exact) mass is 370 g/mol. The van der Waals surface area contributed by atoms with Crippen molar-refractivity contribution in [2.24, 2.45) is 0 Å². The fourth-order valence-electron chi connectivity index (χ4n) is 1.32. The molecule has 0 saturated carbocycles. The van der Waals surface area contributed by atoms with Gasteiger partial charge in [-0.25, -0.2) is 0 Å². The normalized spacial score (nSPS) is 11.9. The van der Waals surface area contributed by atoms with Gasteiger partial charge in [-0.15, -0.1) is 11.3 Å². The van der Waals surface area contributed by atoms with Crippen molar-refractivity contribution in [3.8, 4) is 5.75 Å². The molecule has 5 heteroatoms. The lowest BCUT2D eigenvalue weighted by Gasteiger charge is -2.23. The summed E-state index contributed by atoms with van der Waals surface area (Å²) in [6.45, 7) is 3.97. The smallest absolute Gasteiger partial charge is 0.148 e. The molecule has 1 heterocycles. The first kappa shape index (κ1) is 14.5. The van der Waals surface area contributed by atoms with Gasteiger partial charge in [0.15, 0.2) is 0 Å². The zero-order valence-electron chi connectivity index (χ0n) is 10.1. The first-order chi connectivity index (χ1) is 7.31. The zero-order valence-corrected chi connectivity index (χ0v) is 14.1. The zero-order chi connectivity index (χ0) is 12.3. The number of nitrogens with zero attached hydrogens (tertiary/aromatic N) is 1. The second-order valence-corrected chi connectivity index (χ2v) is 8.48. The van der Waals surface area contributed by atoms with E-state index in [4.69, 9.17) is 4.74 Å². The molecule has 92 valence electrons. The Morgan fingerprint density at radius 2 is 1.81 bits per heavy atom. The average Bonchev–Trinajstić information content (AvgIpc) is 2.36. The second-order valence-electron chi connectivity index (χ2n) is 4.82. The lowest BCUT2D eigenvalue weighted by Crippen LogP contribution is -2.35. The predicted molar refractivity (Wildman–Crippen MR) is 77.5 cm³/mol. The third-order valence-corrected chi connectivity index (χ3v) is 4.99. The Kier molecular flexibility index (Phi) is 5.29. The maximum atomic E-state index is 5.81. The standard InChI is InChI=1S/C11H18Br2NOS/c1-8-9(11(13)16-10(8)12)15-7-5-6-14(2,3)4/h5-7H2,1-4H3/q+1. The van der Waals surface area contributed by atoms with E-state index in [-0.39, 0.29) is 0 Å². The van der Waals surface area contributed by atoms with Crippen LogP contribution < -0.4 is 4.74 Å². The molecule has 2 nitrogen and oxygen atoms in total. The number of halogens is 2. The van der Waals surface area contributed by atoms with Crippen LogP contribution in [0.25, 0.3) is 0 Å². The van der Waals surface area contributed by atoms with Gasteiger partial charge >= 0.3 is 0 Å². The Morgan fingerprint density at radius 3 is 2.25 bits per heavy atom. The van der Waals surface area contributed by atoms with Crippen molar-refractivity contribution in [1.29, 1.82) is 0 Å². The molecule has 0 atom stereocenters. The number of hydrogen-bond donors (Lipinski definition) is 0. The SMILES string of the molecule is Cc1c(Br)sc(Br)c1OCCC[N+](C)(C)C. The van der Waals surface area contributed by atoms with Crippen molar-refractivity contribution in [1.82, 2.24) is 0 Å². The number of hydrogen-bond acceptors (Lipinski definition) is 2. The van der Waals surface area contributed by atoms with Gasteiger partial charge in [0, 0.05) is 12.0 Å².